The van der Waals surface area contributed by atoms with Crippen LogP contribution in [0.5, 0.6) is 5.75 Å². The third kappa shape index (κ3) is 2.24. The molecule has 92 valence electrons. The van der Waals surface area contributed by atoms with Gasteiger partial charge in [0.2, 0.25) is 5.91 Å². The van der Waals surface area contributed by atoms with Crippen molar-refractivity contribution in [3.63, 3.8) is 0 Å². The average molecular weight is 239 g/mol. The lowest BCUT2D eigenvalue weighted by Gasteiger charge is -2.19. The molecule has 2 rings (SSSR count). The molecular weight excluding hydrogens is 225 g/mol. The van der Waals surface area contributed by atoms with Gasteiger partial charge in [0.15, 0.2) is 0 Å². The Labute approximate surface area is 98.6 Å². The van der Waals surface area contributed by atoms with Crippen molar-refractivity contribution in [2.24, 2.45) is 5.92 Å². The van der Waals surface area contributed by atoms with Crippen LogP contribution in [0.4, 0.5) is 10.1 Å². The Hall–Kier alpha value is -1.62. The Kier molecular flexibility index (Phi) is 3.28. The summed E-state index contributed by atoms with van der Waals surface area (Å²) in [6.07, 6.45) is 0.316. The summed E-state index contributed by atoms with van der Waals surface area (Å²) < 4.78 is 18.1. The van der Waals surface area contributed by atoms with Crippen molar-refractivity contribution in [2.45, 2.75) is 6.42 Å². The number of anilines is 1. The minimum atomic E-state index is -0.407. The van der Waals surface area contributed by atoms with Gasteiger partial charge in [0, 0.05) is 31.6 Å². The molecule has 0 saturated carbocycles. The van der Waals surface area contributed by atoms with E-state index in [0.717, 1.165) is 0 Å². The van der Waals surface area contributed by atoms with Crippen LogP contribution < -0.4 is 9.64 Å². The molecule has 0 bridgehead atoms. The second-order valence-corrected chi connectivity index (χ2v) is 4.07. The summed E-state index contributed by atoms with van der Waals surface area (Å²) in [5.41, 5.74) is 0.551. The van der Waals surface area contributed by atoms with Gasteiger partial charge in [-0.05, 0) is 12.1 Å². The van der Waals surface area contributed by atoms with Gasteiger partial charge in [-0.15, -0.1) is 0 Å². The number of aliphatic hydroxyl groups excluding tert-OH is 1. The second-order valence-electron chi connectivity index (χ2n) is 4.07. The first-order valence-electron chi connectivity index (χ1n) is 5.40. The number of halogens is 1. The van der Waals surface area contributed by atoms with E-state index >= 15 is 0 Å². The molecule has 1 amide bonds. The summed E-state index contributed by atoms with van der Waals surface area (Å²) in [6, 6.07) is 4.05. The molecule has 1 aliphatic heterocycles. The number of ether oxygens (including phenoxy) is 1. The van der Waals surface area contributed by atoms with E-state index < -0.39 is 5.82 Å². The Morgan fingerprint density at radius 3 is 2.94 bits per heavy atom. The Balaban J connectivity index is 2.31. The molecule has 0 radical (unpaired) electrons. The van der Waals surface area contributed by atoms with Crippen molar-refractivity contribution >= 4 is 11.6 Å². The molecule has 1 unspecified atom stereocenters. The fraction of sp³-hybridized carbons (Fsp3) is 0.417. The first kappa shape index (κ1) is 11.9. The van der Waals surface area contributed by atoms with Crippen LogP contribution in [0.25, 0.3) is 0 Å². The number of benzene rings is 1. The maximum absolute atomic E-state index is 13.0. The van der Waals surface area contributed by atoms with Crippen molar-refractivity contribution in [1.29, 1.82) is 0 Å². The molecule has 1 saturated heterocycles. The van der Waals surface area contributed by atoms with Crippen molar-refractivity contribution < 1.29 is 19.0 Å². The van der Waals surface area contributed by atoms with Crippen molar-refractivity contribution in [3.05, 3.63) is 24.0 Å². The highest BCUT2D eigenvalue weighted by Crippen LogP contribution is 2.33. The summed E-state index contributed by atoms with van der Waals surface area (Å²) in [7, 11) is 1.43. The van der Waals surface area contributed by atoms with Gasteiger partial charge in [0.1, 0.15) is 11.6 Å². The quantitative estimate of drug-likeness (QED) is 0.861. The Bertz CT molecular complexity index is 436. The monoisotopic (exact) mass is 239 g/mol. The smallest absolute Gasteiger partial charge is 0.227 e. The maximum atomic E-state index is 13.0. The second kappa shape index (κ2) is 4.71. The molecule has 0 aromatic heterocycles. The fourth-order valence-corrected chi connectivity index (χ4v) is 2.01. The van der Waals surface area contributed by atoms with Gasteiger partial charge in [0.05, 0.1) is 12.8 Å². The maximum Gasteiger partial charge on any atom is 0.227 e. The van der Waals surface area contributed by atoms with E-state index in [2.05, 4.69) is 0 Å². The number of nitrogens with zero attached hydrogens (tertiary/aromatic N) is 1. The van der Waals surface area contributed by atoms with Crippen LogP contribution in [0, 0.1) is 11.7 Å². The lowest BCUT2D eigenvalue weighted by Crippen LogP contribution is -2.25. The van der Waals surface area contributed by atoms with Crippen molar-refractivity contribution in [1.82, 2.24) is 0 Å². The topological polar surface area (TPSA) is 49.8 Å². The molecule has 1 atom stereocenters. The lowest BCUT2D eigenvalue weighted by atomic mass is 10.1. The lowest BCUT2D eigenvalue weighted by molar-refractivity contribution is -0.117. The van der Waals surface area contributed by atoms with Crippen molar-refractivity contribution in [3.8, 4) is 5.75 Å². The standard InChI is InChI=1S/C12H14FNO3/c1-17-11-5-9(13)2-3-10(11)14-6-8(7-15)4-12(14)16/h2-3,5,8,15H,4,6-7H2,1H3. The zero-order chi connectivity index (χ0) is 12.4. The number of aliphatic hydroxyl groups is 1. The highest BCUT2D eigenvalue weighted by Gasteiger charge is 2.31. The largest absolute Gasteiger partial charge is 0.494 e. The van der Waals surface area contributed by atoms with Gasteiger partial charge in [-0.25, -0.2) is 4.39 Å². The fourth-order valence-electron chi connectivity index (χ4n) is 2.01. The highest BCUT2D eigenvalue weighted by molar-refractivity contribution is 5.97. The summed E-state index contributed by atoms with van der Waals surface area (Å²) in [5.74, 6) is -0.209. The molecule has 1 aliphatic rings. The molecule has 1 N–H and O–H groups in total. The average Bonchev–Trinajstić information content (AvgIpc) is 2.70. The minimum Gasteiger partial charge on any atom is -0.494 e. The van der Waals surface area contributed by atoms with Crippen LogP contribution >= 0.6 is 0 Å². The van der Waals surface area contributed by atoms with Gasteiger partial charge in [0.25, 0.3) is 0 Å². The number of amides is 1. The molecule has 5 heteroatoms. The third-order valence-corrected chi connectivity index (χ3v) is 2.90. The predicted octanol–water partition coefficient (Wildman–Crippen LogP) is 1.18. The molecule has 1 aromatic carbocycles. The number of carbonyl (C=O) groups is 1. The van der Waals surface area contributed by atoms with E-state index in [1.54, 1.807) is 0 Å². The SMILES string of the molecule is COc1cc(F)ccc1N1CC(CO)CC1=O. The first-order chi connectivity index (χ1) is 8.15. The molecule has 0 aliphatic carbocycles. The normalized spacial score (nSPS) is 19.8. The molecule has 1 fully saturated rings. The van der Waals surface area contributed by atoms with Crippen LogP contribution in [0.15, 0.2) is 18.2 Å². The molecule has 17 heavy (non-hydrogen) atoms. The molecule has 4 nitrogen and oxygen atoms in total. The van der Waals surface area contributed by atoms with E-state index in [4.69, 9.17) is 9.84 Å². The molecule has 1 aromatic rings. The van der Waals surface area contributed by atoms with E-state index in [1.807, 2.05) is 0 Å². The summed E-state index contributed by atoms with van der Waals surface area (Å²) >= 11 is 0. The van der Waals surface area contributed by atoms with Crippen LogP contribution in [-0.4, -0.2) is 31.3 Å². The summed E-state index contributed by atoms with van der Waals surface area (Å²) in [4.78, 5) is 13.3. The van der Waals surface area contributed by atoms with Crippen LogP contribution in [0.1, 0.15) is 6.42 Å². The highest BCUT2D eigenvalue weighted by atomic mass is 19.1. The Morgan fingerprint density at radius 2 is 2.35 bits per heavy atom. The zero-order valence-corrected chi connectivity index (χ0v) is 9.52. The first-order valence-corrected chi connectivity index (χ1v) is 5.40. The zero-order valence-electron chi connectivity index (χ0n) is 9.52. The summed E-state index contributed by atoms with van der Waals surface area (Å²) in [6.45, 7) is 0.420. The number of carbonyl (C=O) groups excluding carboxylic acids is 1. The van der Waals surface area contributed by atoms with E-state index in [1.165, 1.54) is 30.2 Å². The minimum absolute atomic E-state index is 0.0221. The van der Waals surface area contributed by atoms with E-state index in [-0.39, 0.29) is 18.4 Å². The van der Waals surface area contributed by atoms with Crippen LogP contribution in [0.2, 0.25) is 0 Å². The Morgan fingerprint density at radius 1 is 1.59 bits per heavy atom. The summed E-state index contributed by atoms with van der Waals surface area (Å²) in [5, 5.41) is 9.05. The molecule has 0 spiro atoms. The van der Waals surface area contributed by atoms with Gasteiger partial charge in [-0.2, -0.15) is 0 Å². The number of methoxy groups -OCH3 is 1. The van der Waals surface area contributed by atoms with Gasteiger partial charge in [-0.3, -0.25) is 4.79 Å². The van der Waals surface area contributed by atoms with Crippen LogP contribution in [-0.2, 0) is 4.79 Å². The number of rotatable bonds is 3. The predicted molar refractivity (Wildman–Crippen MR) is 60.5 cm³/mol. The molecular formula is C12H14FNO3. The van der Waals surface area contributed by atoms with E-state index in [9.17, 15) is 9.18 Å². The van der Waals surface area contributed by atoms with Crippen molar-refractivity contribution in [2.75, 3.05) is 25.2 Å². The molecule has 1 heterocycles. The number of hydrogen-bond donors (Lipinski definition) is 1. The van der Waals surface area contributed by atoms with E-state index in [0.29, 0.717) is 24.4 Å². The number of hydrogen-bond acceptors (Lipinski definition) is 3. The third-order valence-electron chi connectivity index (χ3n) is 2.90. The van der Waals surface area contributed by atoms with Gasteiger partial charge in [-0.1, -0.05) is 0 Å². The van der Waals surface area contributed by atoms with Gasteiger partial charge < -0.3 is 14.7 Å². The van der Waals surface area contributed by atoms with Crippen LogP contribution in [0.3, 0.4) is 0 Å². The van der Waals surface area contributed by atoms with Gasteiger partial charge >= 0.3 is 0 Å².